The summed E-state index contributed by atoms with van der Waals surface area (Å²) in [5.74, 6) is 0.335. The molecule has 0 aliphatic heterocycles. The highest BCUT2D eigenvalue weighted by Crippen LogP contribution is 2.29. The quantitative estimate of drug-likeness (QED) is 0.913. The van der Waals surface area contributed by atoms with Crippen molar-refractivity contribution in [2.24, 2.45) is 0 Å². The number of rotatable bonds is 5. The third kappa shape index (κ3) is 3.02. The van der Waals surface area contributed by atoms with Crippen molar-refractivity contribution in [3.63, 3.8) is 0 Å². The molecule has 102 valence electrons. The van der Waals surface area contributed by atoms with Gasteiger partial charge < -0.3 is 14.6 Å². The topological polar surface area (TPSA) is 64.4 Å². The Morgan fingerprint density at radius 1 is 1.63 bits per heavy atom. The monoisotopic (exact) mass is 280 g/mol. The molecule has 0 aromatic carbocycles. The lowest BCUT2D eigenvalue weighted by Gasteiger charge is -2.12. The predicted octanol–water partition coefficient (Wildman–Crippen LogP) is 2.48. The number of aromatic nitrogens is 1. The van der Waals surface area contributed by atoms with Gasteiger partial charge in [0.2, 0.25) is 0 Å². The fourth-order valence-corrected chi connectivity index (χ4v) is 2.51. The van der Waals surface area contributed by atoms with Crippen LogP contribution in [0.2, 0.25) is 0 Å². The Kier molecular flexibility index (Phi) is 4.34. The van der Waals surface area contributed by atoms with E-state index < -0.39 is 0 Å². The maximum Gasteiger partial charge on any atom is 0.257 e. The van der Waals surface area contributed by atoms with Crippen molar-refractivity contribution in [1.29, 1.82) is 0 Å². The molecule has 0 bridgehead atoms. The minimum Gasteiger partial charge on any atom is -0.383 e. The zero-order valence-electron chi connectivity index (χ0n) is 11.1. The first kappa shape index (κ1) is 13.8. The van der Waals surface area contributed by atoms with E-state index >= 15 is 0 Å². The van der Waals surface area contributed by atoms with Crippen LogP contribution in [-0.4, -0.2) is 30.8 Å². The summed E-state index contributed by atoms with van der Waals surface area (Å²) < 4.78 is 10.3. The Labute approximate surface area is 115 Å². The third-order valence-corrected chi connectivity index (χ3v) is 3.50. The maximum atomic E-state index is 12.3. The number of carbonyl (C=O) groups excluding carboxylic acids is 1. The molecular weight excluding hydrogens is 264 g/mol. The van der Waals surface area contributed by atoms with Gasteiger partial charge in [0, 0.05) is 13.2 Å². The van der Waals surface area contributed by atoms with Gasteiger partial charge in [0.15, 0.2) is 5.76 Å². The van der Waals surface area contributed by atoms with E-state index in [1.165, 1.54) is 11.3 Å². The van der Waals surface area contributed by atoms with Crippen LogP contribution in [0.25, 0.3) is 10.6 Å². The molecular formula is C13H16N2O3S. The van der Waals surface area contributed by atoms with Gasteiger partial charge in [0.1, 0.15) is 5.56 Å². The van der Waals surface area contributed by atoms with E-state index in [9.17, 15) is 4.79 Å². The average molecular weight is 280 g/mol. The molecule has 0 spiro atoms. The minimum absolute atomic E-state index is 0.0667. The van der Waals surface area contributed by atoms with Crippen molar-refractivity contribution >= 4 is 17.2 Å². The van der Waals surface area contributed by atoms with Gasteiger partial charge in [-0.15, -0.1) is 11.3 Å². The first-order valence-corrected chi connectivity index (χ1v) is 6.81. The van der Waals surface area contributed by atoms with Crippen LogP contribution in [0.3, 0.4) is 0 Å². The number of carbonyl (C=O) groups is 1. The number of nitrogens with zero attached hydrogens (tertiary/aromatic N) is 1. The third-order valence-electron chi connectivity index (χ3n) is 2.63. The zero-order chi connectivity index (χ0) is 13.8. The van der Waals surface area contributed by atoms with Crippen molar-refractivity contribution in [2.45, 2.75) is 19.9 Å². The Hall–Kier alpha value is -1.66. The molecule has 0 saturated carbocycles. The van der Waals surface area contributed by atoms with Gasteiger partial charge in [-0.05, 0) is 25.3 Å². The van der Waals surface area contributed by atoms with Gasteiger partial charge in [-0.2, -0.15) is 0 Å². The van der Waals surface area contributed by atoms with Crippen LogP contribution in [0.4, 0.5) is 0 Å². The maximum absolute atomic E-state index is 12.3. The standard InChI is InChI=1S/C13H16N2O3S/c1-8(7-17-3)14-13(16)11-9(2)15-18-12(11)10-5-4-6-19-10/h4-6,8H,7H2,1-3H3,(H,14,16). The fraction of sp³-hybridized carbons (Fsp3) is 0.385. The fourth-order valence-electron chi connectivity index (χ4n) is 1.80. The normalized spacial score (nSPS) is 12.4. The smallest absolute Gasteiger partial charge is 0.257 e. The van der Waals surface area contributed by atoms with E-state index in [-0.39, 0.29) is 11.9 Å². The molecule has 0 aliphatic carbocycles. The summed E-state index contributed by atoms with van der Waals surface area (Å²) in [6.45, 7) is 4.11. The van der Waals surface area contributed by atoms with Gasteiger partial charge in [0.25, 0.3) is 5.91 Å². The highest BCUT2D eigenvalue weighted by atomic mass is 32.1. The largest absolute Gasteiger partial charge is 0.383 e. The molecule has 5 nitrogen and oxygen atoms in total. The molecule has 6 heteroatoms. The van der Waals surface area contributed by atoms with Crippen LogP contribution < -0.4 is 5.32 Å². The molecule has 0 aliphatic rings. The van der Waals surface area contributed by atoms with E-state index in [1.54, 1.807) is 14.0 Å². The number of ether oxygens (including phenoxy) is 1. The molecule has 2 aromatic rings. The zero-order valence-corrected chi connectivity index (χ0v) is 11.9. The van der Waals surface area contributed by atoms with Crippen molar-refractivity contribution in [1.82, 2.24) is 10.5 Å². The number of thiophene rings is 1. The second-order valence-electron chi connectivity index (χ2n) is 4.28. The SMILES string of the molecule is COCC(C)NC(=O)c1c(C)noc1-c1cccs1. The van der Waals surface area contributed by atoms with Crippen LogP contribution in [0.1, 0.15) is 23.0 Å². The molecule has 2 aromatic heterocycles. The summed E-state index contributed by atoms with van der Waals surface area (Å²) in [6, 6.07) is 3.75. The Balaban J connectivity index is 2.24. The van der Waals surface area contributed by atoms with Crippen molar-refractivity contribution in [3.05, 3.63) is 28.8 Å². The van der Waals surface area contributed by atoms with Crippen molar-refractivity contribution in [3.8, 4) is 10.6 Å². The average Bonchev–Trinajstić information content (AvgIpc) is 2.97. The van der Waals surface area contributed by atoms with Crippen LogP contribution in [0.15, 0.2) is 22.0 Å². The lowest BCUT2D eigenvalue weighted by atomic mass is 10.1. The summed E-state index contributed by atoms with van der Waals surface area (Å²) in [5.41, 5.74) is 1.08. The van der Waals surface area contributed by atoms with Crippen molar-refractivity contribution < 1.29 is 14.1 Å². The van der Waals surface area contributed by atoms with Crippen molar-refractivity contribution in [2.75, 3.05) is 13.7 Å². The molecule has 1 amide bonds. The lowest BCUT2D eigenvalue weighted by Crippen LogP contribution is -2.35. The molecule has 1 N–H and O–H groups in total. The molecule has 19 heavy (non-hydrogen) atoms. The Morgan fingerprint density at radius 3 is 3.05 bits per heavy atom. The van der Waals surface area contributed by atoms with Gasteiger partial charge in [-0.25, -0.2) is 0 Å². The number of amides is 1. The van der Waals surface area contributed by atoms with Gasteiger partial charge in [-0.3, -0.25) is 4.79 Å². The number of nitrogens with one attached hydrogen (secondary N) is 1. The number of methoxy groups -OCH3 is 1. The molecule has 2 rings (SSSR count). The summed E-state index contributed by atoms with van der Waals surface area (Å²) in [7, 11) is 1.60. The van der Waals surface area contributed by atoms with Gasteiger partial charge in [-0.1, -0.05) is 11.2 Å². The number of hydrogen-bond acceptors (Lipinski definition) is 5. The number of hydrogen-bond donors (Lipinski definition) is 1. The predicted molar refractivity (Wildman–Crippen MR) is 73.4 cm³/mol. The van der Waals surface area contributed by atoms with E-state index in [2.05, 4.69) is 10.5 Å². The second kappa shape index (κ2) is 5.99. The Morgan fingerprint density at radius 2 is 2.42 bits per heavy atom. The van der Waals surface area contributed by atoms with Gasteiger partial charge in [0.05, 0.1) is 17.2 Å². The van der Waals surface area contributed by atoms with Crippen LogP contribution in [-0.2, 0) is 4.74 Å². The molecule has 1 unspecified atom stereocenters. The first-order valence-electron chi connectivity index (χ1n) is 5.93. The van der Waals surface area contributed by atoms with E-state index in [4.69, 9.17) is 9.26 Å². The highest BCUT2D eigenvalue weighted by Gasteiger charge is 2.23. The van der Waals surface area contributed by atoms with E-state index in [0.29, 0.717) is 23.6 Å². The minimum atomic E-state index is -0.188. The molecule has 2 heterocycles. The summed E-state index contributed by atoms with van der Waals surface area (Å²) >= 11 is 1.51. The lowest BCUT2D eigenvalue weighted by molar-refractivity contribution is 0.0905. The molecule has 0 fully saturated rings. The molecule has 1 atom stereocenters. The molecule has 0 radical (unpaired) electrons. The van der Waals surface area contributed by atoms with Crippen LogP contribution in [0, 0.1) is 6.92 Å². The Bertz CT molecular complexity index is 548. The summed E-state index contributed by atoms with van der Waals surface area (Å²) in [4.78, 5) is 13.2. The van der Waals surface area contributed by atoms with E-state index in [1.807, 2.05) is 24.4 Å². The highest BCUT2D eigenvalue weighted by molar-refractivity contribution is 7.13. The van der Waals surface area contributed by atoms with E-state index in [0.717, 1.165) is 4.88 Å². The van der Waals surface area contributed by atoms with Crippen LogP contribution in [0.5, 0.6) is 0 Å². The summed E-state index contributed by atoms with van der Waals surface area (Å²) in [5, 5.41) is 8.69. The molecule has 0 saturated heterocycles. The van der Waals surface area contributed by atoms with Gasteiger partial charge >= 0.3 is 0 Å². The number of aryl methyl sites for hydroxylation is 1. The van der Waals surface area contributed by atoms with Crippen LogP contribution >= 0.6 is 11.3 Å². The second-order valence-corrected chi connectivity index (χ2v) is 5.23. The summed E-state index contributed by atoms with van der Waals surface area (Å²) in [6.07, 6.45) is 0. The first-order chi connectivity index (χ1) is 9.13.